The zero-order valence-electron chi connectivity index (χ0n) is 12.2. The molecule has 0 amide bonds. The third-order valence-electron chi connectivity index (χ3n) is 3.56. The highest BCUT2D eigenvalue weighted by atomic mass is 32.1. The van der Waals surface area contributed by atoms with Gasteiger partial charge in [0.25, 0.3) is 0 Å². The first-order chi connectivity index (χ1) is 10.1. The summed E-state index contributed by atoms with van der Waals surface area (Å²) < 4.78 is 2.09. The van der Waals surface area contributed by atoms with Crippen molar-refractivity contribution >= 4 is 17.0 Å². The first-order valence-electron chi connectivity index (χ1n) is 6.96. The van der Waals surface area contributed by atoms with E-state index >= 15 is 0 Å². The number of aliphatic hydroxyl groups is 1. The minimum Gasteiger partial charge on any atom is -0.383 e. The first kappa shape index (κ1) is 14.3. The van der Waals surface area contributed by atoms with Crippen LogP contribution in [0.4, 0.5) is 0 Å². The van der Waals surface area contributed by atoms with Gasteiger partial charge in [0, 0.05) is 24.2 Å². The molecule has 0 aliphatic carbocycles. The fraction of sp³-hybridized carbons (Fsp3) is 0.312. The summed E-state index contributed by atoms with van der Waals surface area (Å²) in [4.78, 5) is 5.36. The largest absolute Gasteiger partial charge is 0.383 e. The van der Waals surface area contributed by atoms with E-state index in [2.05, 4.69) is 33.9 Å². The maximum Gasteiger partial charge on any atom is 0.136 e. The molecule has 1 unspecified atom stereocenters. The molecule has 3 aromatic rings. The molecule has 110 valence electrons. The molecule has 0 fully saturated rings. The van der Waals surface area contributed by atoms with Gasteiger partial charge in [-0.15, -0.1) is 11.3 Å². The van der Waals surface area contributed by atoms with E-state index in [0.717, 1.165) is 16.2 Å². The minimum atomic E-state index is -0.843. The fourth-order valence-corrected chi connectivity index (χ4v) is 3.16. The lowest BCUT2D eigenvalue weighted by molar-refractivity contribution is 0.0603. The summed E-state index contributed by atoms with van der Waals surface area (Å²) in [6.07, 6.45) is 3.96. The van der Waals surface area contributed by atoms with Crippen LogP contribution in [0.2, 0.25) is 0 Å². The Kier molecular flexibility index (Phi) is 3.80. The Morgan fingerprint density at radius 2 is 2.24 bits per heavy atom. The zero-order chi connectivity index (χ0) is 14.9. The van der Waals surface area contributed by atoms with Crippen molar-refractivity contribution in [2.75, 3.05) is 6.54 Å². The Balaban J connectivity index is 1.68. The van der Waals surface area contributed by atoms with Crippen molar-refractivity contribution in [2.45, 2.75) is 26.0 Å². The average Bonchev–Trinajstić information content (AvgIpc) is 3.08. The van der Waals surface area contributed by atoms with Crippen LogP contribution >= 0.6 is 11.3 Å². The molecule has 0 radical (unpaired) electrons. The summed E-state index contributed by atoms with van der Waals surface area (Å²) in [5, 5.41) is 15.8. The van der Waals surface area contributed by atoms with Crippen molar-refractivity contribution < 1.29 is 5.11 Å². The van der Waals surface area contributed by atoms with E-state index in [9.17, 15) is 5.11 Å². The standard InChI is InChI=1S/C16H19N3OS/c1-12-5-6-15-18-9-13(19(15)10-12)8-17-11-16(2,20)14-4-3-7-21-14/h3-7,9-10,17,20H,8,11H2,1-2H3. The van der Waals surface area contributed by atoms with Gasteiger partial charge in [0.05, 0.1) is 11.9 Å². The molecule has 5 heteroatoms. The van der Waals surface area contributed by atoms with Gasteiger partial charge in [-0.2, -0.15) is 0 Å². The van der Waals surface area contributed by atoms with Crippen molar-refractivity contribution in [1.29, 1.82) is 0 Å². The predicted octanol–water partition coefficient (Wildman–Crippen LogP) is 2.70. The van der Waals surface area contributed by atoms with Crippen LogP contribution in [-0.2, 0) is 12.1 Å². The maximum absolute atomic E-state index is 10.5. The van der Waals surface area contributed by atoms with Crippen molar-refractivity contribution in [3.63, 3.8) is 0 Å². The third kappa shape index (κ3) is 3.00. The molecular weight excluding hydrogens is 282 g/mol. The molecule has 0 aliphatic rings. The second kappa shape index (κ2) is 5.60. The zero-order valence-corrected chi connectivity index (χ0v) is 13.0. The Labute approximate surface area is 128 Å². The van der Waals surface area contributed by atoms with E-state index in [1.807, 2.05) is 36.7 Å². The molecule has 3 heterocycles. The lowest BCUT2D eigenvalue weighted by Crippen LogP contribution is -2.34. The van der Waals surface area contributed by atoms with Gasteiger partial charge in [-0.25, -0.2) is 4.98 Å². The van der Waals surface area contributed by atoms with Crippen molar-refractivity contribution in [1.82, 2.24) is 14.7 Å². The smallest absolute Gasteiger partial charge is 0.136 e. The molecule has 0 bridgehead atoms. The SMILES string of the molecule is Cc1ccc2ncc(CNCC(C)(O)c3cccs3)n2c1. The van der Waals surface area contributed by atoms with Crippen LogP contribution in [0.5, 0.6) is 0 Å². The lowest BCUT2D eigenvalue weighted by atomic mass is 10.1. The number of thiophene rings is 1. The highest BCUT2D eigenvalue weighted by molar-refractivity contribution is 7.10. The van der Waals surface area contributed by atoms with Gasteiger partial charge in [-0.05, 0) is 36.9 Å². The van der Waals surface area contributed by atoms with Gasteiger partial charge in [0.15, 0.2) is 0 Å². The Morgan fingerprint density at radius 3 is 3.00 bits per heavy atom. The first-order valence-corrected chi connectivity index (χ1v) is 7.84. The number of nitrogens with zero attached hydrogens (tertiary/aromatic N) is 2. The third-order valence-corrected chi connectivity index (χ3v) is 4.68. The summed E-state index contributed by atoms with van der Waals surface area (Å²) in [7, 11) is 0. The van der Waals surface area contributed by atoms with Crippen molar-refractivity contribution in [3.05, 3.63) is 58.2 Å². The fourth-order valence-electron chi connectivity index (χ4n) is 2.37. The summed E-state index contributed by atoms with van der Waals surface area (Å²) in [6, 6.07) is 7.99. The molecule has 1 atom stereocenters. The molecule has 3 aromatic heterocycles. The number of imidazole rings is 1. The number of aryl methyl sites for hydroxylation is 1. The van der Waals surface area contributed by atoms with Crippen LogP contribution in [0.1, 0.15) is 23.1 Å². The summed E-state index contributed by atoms with van der Waals surface area (Å²) in [6.45, 7) is 5.08. The molecule has 2 N–H and O–H groups in total. The number of rotatable bonds is 5. The second-order valence-corrected chi connectivity index (χ2v) is 6.49. The summed E-state index contributed by atoms with van der Waals surface area (Å²) >= 11 is 1.57. The van der Waals surface area contributed by atoms with Gasteiger partial charge in [0.2, 0.25) is 0 Å². The Morgan fingerprint density at radius 1 is 1.38 bits per heavy atom. The van der Waals surface area contributed by atoms with Crippen LogP contribution in [0.3, 0.4) is 0 Å². The topological polar surface area (TPSA) is 49.6 Å². The van der Waals surface area contributed by atoms with Gasteiger partial charge in [-0.1, -0.05) is 12.1 Å². The quantitative estimate of drug-likeness (QED) is 0.762. The molecule has 0 spiro atoms. The molecule has 0 aliphatic heterocycles. The van der Waals surface area contributed by atoms with Crippen LogP contribution in [0.15, 0.2) is 42.0 Å². The van der Waals surface area contributed by atoms with Crippen LogP contribution in [0.25, 0.3) is 5.65 Å². The van der Waals surface area contributed by atoms with E-state index in [1.54, 1.807) is 11.3 Å². The van der Waals surface area contributed by atoms with E-state index in [1.165, 1.54) is 5.56 Å². The average molecular weight is 301 g/mol. The minimum absolute atomic E-state index is 0.507. The molecule has 3 rings (SSSR count). The van der Waals surface area contributed by atoms with Gasteiger partial charge in [-0.3, -0.25) is 0 Å². The van der Waals surface area contributed by atoms with Gasteiger partial charge in [0.1, 0.15) is 11.2 Å². The number of hydrogen-bond acceptors (Lipinski definition) is 4. The predicted molar refractivity (Wildman–Crippen MR) is 85.5 cm³/mol. The second-order valence-electron chi connectivity index (χ2n) is 5.54. The molecule has 4 nitrogen and oxygen atoms in total. The summed E-state index contributed by atoms with van der Waals surface area (Å²) in [5.41, 5.74) is 2.40. The van der Waals surface area contributed by atoms with Crippen molar-refractivity contribution in [3.8, 4) is 0 Å². The van der Waals surface area contributed by atoms with Crippen LogP contribution in [-0.4, -0.2) is 21.0 Å². The number of nitrogens with one attached hydrogen (secondary N) is 1. The maximum atomic E-state index is 10.5. The molecule has 0 aromatic carbocycles. The number of pyridine rings is 1. The number of aromatic nitrogens is 2. The van der Waals surface area contributed by atoms with Gasteiger partial charge < -0.3 is 14.8 Å². The molecular formula is C16H19N3OS. The highest BCUT2D eigenvalue weighted by Crippen LogP contribution is 2.24. The monoisotopic (exact) mass is 301 g/mol. The Hall–Kier alpha value is -1.69. The van der Waals surface area contributed by atoms with Crippen LogP contribution in [0, 0.1) is 6.92 Å². The Bertz CT molecular complexity index is 731. The van der Waals surface area contributed by atoms with Gasteiger partial charge >= 0.3 is 0 Å². The molecule has 0 saturated heterocycles. The number of hydrogen-bond donors (Lipinski definition) is 2. The highest BCUT2D eigenvalue weighted by Gasteiger charge is 2.23. The van der Waals surface area contributed by atoms with Crippen LogP contribution < -0.4 is 5.32 Å². The molecule has 0 saturated carbocycles. The molecule has 21 heavy (non-hydrogen) atoms. The van der Waals surface area contributed by atoms with Crippen molar-refractivity contribution in [2.24, 2.45) is 0 Å². The van der Waals surface area contributed by atoms with E-state index in [4.69, 9.17) is 0 Å². The van der Waals surface area contributed by atoms with E-state index in [-0.39, 0.29) is 0 Å². The number of fused-ring (bicyclic) bond motifs is 1. The normalized spacial score (nSPS) is 14.4. The summed E-state index contributed by atoms with van der Waals surface area (Å²) in [5.74, 6) is 0. The van der Waals surface area contributed by atoms with E-state index < -0.39 is 5.60 Å². The lowest BCUT2D eigenvalue weighted by Gasteiger charge is -2.22. The van der Waals surface area contributed by atoms with E-state index in [0.29, 0.717) is 13.1 Å².